The molecule has 0 saturated heterocycles. The number of halogens is 3. The molecule has 0 radical (unpaired) electrons. The van der Waals surface area contributed by atoms with E-state index in [0.29, 0.717) is 10.7 Å². The number of esters is 1. The molecule has 0 fully saturated rings. The number of nitrogens with one attached hydrogen (secondary N) is 1. The van der Waals surface area contributed by atoms with Gasteiger partial charge < -0.3 is 10.1 Å². The number of carbonyl (C=O) groups is 2. The standard InChI is InChI=1S/C17H14Cl2FNO3/c1-9-5-10(2)16(13(19)6-9)21-15(22)8-24-17(23)12-7-11(18)3-4-14(12)20/h3-7H,8H2,1-2H3,(H,21,22). The van der Waals surface area contributed by atoms with E-state index in [0.717, 1.165) is 23.3 Å². The number of amides is 1. The Kier molecular flexibility index (Phi) is 5.80. The van der Waals surface area contributed by atoms with E-state index in [1.54, 1.807) is 13.0 Å². The van der Waals surface area contributed by atoms with E-state index < -0.39 is 24.3 Å². The Hall–Kier alpha value is -2.11. The molecule has 0 bridgehead atoms. The van der Waals surface area contributed by atoms with Gasteiger partial charge in [0.1, 0.15) is 5.82 Å². The van der Waals surface area contributed by atoms with Crippen LogP contribution in [0.4, 0.5) is 10.1 Å². The summed E-state index contributed by atoms with van der Waals surface area (Å²) in [4.78, 5) is 23.7. The molecular formula is C17H14Cl2FNO3. The number of rotatable bonds is 4. The summed E-state index contributed by atoms with van der Waals surface area (Å²) < 4.78 is 18.4. The number of hydrogen-bond acceptors (Lipinski definition) is 3. The van der Waals surface area contributed by atoms with E-state index in [9.17, 15) is 14.0 Å². The first-order valence-corrected chi connectivity index (χ1v) is 7.72. The molecule has 126 valence electrons. The first kappa shape index (κ1) is 18.2. The Bertz CT molecular complexity index is 785. The summed E-state index contributed by atoms with van der Waals surface area (Å²) in [6.07, 6.45) is 0. The van der Waals surface area contributed by atoms with Crippen LogP contribution in [0.15, 0.2) is 30.3 Å². The molecule has 1 amide bonds. The summed E-state index contributed by atoms with van der Waals surface area (Å²) in [6, 6.07) is 7.06. The molecule has 0 atom stereocenters. The van der Waals surface area contributed by atoms with E-state index in [1.165, 1.54) is 6.07 Å². The molecule has 2 aromatic rings. The van der Waals surface area contributed by atoms with E-state index in [-0.39, 0.29) is 10.6 Å². The molecule has 2 aromatic carbocycles. The van der Waals surface area contributed by atoms with Crippen LogP contribution in [-0.2, 0) is 9.53 Å². The highest BCUT2D eigenvalue weighted by atomic mass is 35.5. The fourth-order valence-corrected chi connectivity index (χ4v) is 2.65. The second-order valence-electron chi connectivity index (χ2n) is 5.19. The second-order valence-corrected chi connectivity index (χ2v) is 6.03. The third kappa shape index (κ3) is 4.46. The molecule has 2 rings (SSSR count). The predicted octanol–water partition coefficient (Wildman–Crippen LogP) is 4.54. The van der Waals surface area contributed by atoms with Gasteiger partial charge in [0.05, 0.1) is 16.3 Å². The molecule has 0 heterocycles. The van der Waals surface area contributed by atoms with Crippen molar-refractivity contribution < 1.29 is 18.7 Å². The molecule has 1 N–H and O–H groups in total. The number of hydrogen-bond donors (Lipinski definition) is 1. The van der Waals surface area contributed by atoms with Crippen molar-refractivity contribution in [2.45, 2.75) is 13.8 Å². The van der Waals surface area contributed by atoms with Crippen molar-refractivity contribution in [2.75, 3.05) is 11.9 Å². The van der Waals surface area contributed by atoms with Crippen molar-refractivity contribution in [2.24, 2.45) is 0 Å². The Balaban J connectivity index is 2.01. The zero-order valence-corrected chi connectivity index (χ0v) is 14.5. The van der Waals surface area contributed by atoms with Crippen molar-refractivity contribution in [3.05, 3.63) is 62.9 Å². The molecule has 24 heavy (non-hydrogen) atoms. The van der Waals surface area contributed by atoms with Gasteiger partial charge in [-0.2, -0.15) is 0 Å². The lowest BCUT2D eigenvalue weighted by Gasteiger charge is -2.12. The largest absolute Gasteiger partial charge is 0.452 e. The Labute approximate surface area is 148 Å². The summed E-state index contributed by atoms with van der Waals surface area (Å²) in [5.74, 6) is -2.33. The Morgan fingerprint density at radius 2 is 1.88 bits per heavy atom. The molecule has 0 aliphatic heterocycles. The molecule has 0 unspecified atom stereocenters. The first-order chi connectivity index (χ1) is 11.3. The second kappa shape index (κ2) is 7.64. The van der Waals surface area contributed by atoms with E-state index in [1.807, 2.05) is 13.0 Å². The topological polar surface area (TPSA) is 55.4 Å². The third-order valence-electron chi connectivity index (χ3n) is 3.18. The van der Waals surface area contributed by atoms with E-state index in [2.05, 4.69) is 5.32 Å². The van der Waals surface area contributed by atoms with Gasteiger partial charge in [0.25, 0.3) is 5.91 Å². The van der Waals surface area contributed by atoms with Gasteiger partial charge in [0, 0.05) is 5.02 Å². The zero-order valence-electron chi connectivity index (χ0n) is 13.0. The molecule has 4 nitrogen and oxygen atoms in total. The van der Waals surface area contributed by atoms with Crippen LogP contribution < -0.4 is 5.32 Å². The Morgan fingerprint density at radius 3 is 2.54 bits per heavy atom. The number of carbonyl (C=O) groups excluding carboxylic acids is 2. The smallest absolute Gasteiger partial charge is 0.341 e. The fraction of sp³-hybridized carbons (Fsp3) is 0.176. The van der Waals surface area contributed by atoms with Crippen LogP contribution in [0.2, 0.25) is 10.0 Å². The minimum atomic E-state index is -0.975. The molecule has 7 heteroatoms. The molecular weight excluding hydrogens is 356 g/mol. The van der Waals surface area contributed by atoms with Crippen LogP contribution in [-0.4, -0.2) is 18.5 Å². The normalized spacial score (nSPS) is 10.4. The maximum Gasteiger partial charge on any atom is 0.341 e. The summed E-state index contributed by atoms with van der Waals surface area (Å²) in [6.45, 7) is 3.10. The highest BCUT2D eigenvalue weighted by Gasteiger charge is 2.16. The van der Waals surface area contributed by atoms with Crippen molar-refractivity contribution in [1.29, 1.82) is 0 Å². The SMILES string of the molecule is Cc1cc(C)c(NC(=O)COC(=O)c2cc(Cl)ccc2F)c(Cl)c1. The van der Waals surface area contributed by atoms with Crippen LogP contribution >= 0.6 is 23.2 Å². The maximum absolute atomic E-state index is 13.6. The minimum absolute atomic E-state index is 0.190. The van der Waals surface area contributed by atoms with Crippen molar-refractivity contribution in [3.63, 3.8) is 0 Å². The van der Waals surface area contributed by atoms with Crippen LogP contribution in [0.25, 0.3) is 0 Å². The van der Waals surface area contributed by atoms with Gasteiger partial charge in [-0.15, -0.1) is 0 Å². The fourth-order valence-electron chi connectivity index (χ4n) is 2.11. The van der Waals surface area contributed by atoms with Gasteiger partial charge in [0.2, 0.25) is 0 Å². The monoisotopic (exact) mass is 369 g/mol. The summed E-state index contributed by atoms with van der Waals surface area (Å²) in [5, 5.41) is 3.14. The molecule has 0 aliphatic rings. The van der Waals surface area contributed by atoms with Crippen LogP contribution in [0, 0.1) is 19.7 Å². The van der Waals surface area contributed by atoms with Gasteiger partial charge in [-0.1, -0.05) is 29.3 Å². The average Bonchev–Trinajstić information content (AvgIpc) is 2.50. The number of aryl methyl sites for hydroxylation is 2. The maximum atomic E-state index is 13.6. The number of anilines is 1. The van der Waals surface area contributed by atoms with Crippen molar-refractivity contribution >= 4 is 40.8 Å². The quantitative estimate of drug-likeness (QED) is 0.804. The molecule has 0 aromatic heterocycles. The van der Waals surface area contributed by atoms with Gasteiger partial charge in [-0.05, 0) is 49.2 Å². The number of ether oxygens (including phenoxy) is 1. The van der Waals surface area contributed by atoms with Crippen molar-refractivity contribution in [1.82, 2.24) is 0 Å². The molecule has 0 saturated carbocycles. The lowest BCUT2D eigenvalue weighted by atomic mass is 10.1. The summed E-state index contributed by atoms with van der Waals surface area (Å²) >= 11 is 11.8. The van der Waals surface area contributed by atoms with Crippen LogP contribution in [0.5, 0.6) is 0 Å². The molecule has 0 aliphatic carbocycles. The average molecular weight is 370 g/mol. The third-order valence-corrected chi connectivity index (χ3v) is 3.71. The Morgan fingerprint density at radius 1 is 1.17 bits per heavy atom. The van der Waals surface area contributed by atoms with Crippen LogP contribution in [0.3, 0.4) is 0 Å². The summed E-state index contributed by atoms with van der Waals surface area (Å²) in [7, 11) is 0. The number of benzene rings is 2. The van der Waals surface area contributed by atoms with Crippen LogP contribution in [0.1, 0.15) is 21.5 Å². The van der Waals surface area contributed by atoms with Gasteiger partial charge in [-0.25, -0.2) is 9.18 Å². The lowest BCUT2D eigenvalue weighted by molar-refractivity contribution is -0.119. The minimum Gasteiger partial charge on any atom is -0.452 e. The van der Waals surface area contributed by atoms with Crippen molar-refractivity contribution in [3.8, 4) is 0 Å². The van der Waals surface area contributed by atoms with Gasteiger partial charge >= 0.3 is 5.97 Å². The highest BCUT2D eigenvalue weighted by Crippen LogP contribution is 2.27. The molecule has 0 spiro atoms. The predicted molar refractivity (Wildman–Crippen MR) is 91.2 cm³/mol. The van der Waals surface area contributed by atoms with E-state index >= 15 is 0 Å². The highest BCUT2D eigenvalue weighted by molar-refractivity contribution is 6.34. The first-order valence-electron chi connectivity index (χ1n) is 6.96. The zero-order chi connectivity index (χ0) is 17.9. The lowest BCUT2D eigenvalue weighted by Crippen LogP contribution is -2.22. The van der Waals surface area contributed by atoms with E-state index in [4.69, 9.17) is 27.9 Å². The summed E-state index contributed by atoms with van der Waals surface area (Å²) in [5.41, 5.74) is 1.84. The van der Waals surface area contributed by atoms with Gasteiger partial charge in [-0.3, -0.25) is 4.79 Å². The van der Waals surface area contributed by atoms with Gasteiger partial charge in [0.15, 0.2) is 6.61 Å².